The number of ether oxygens (including phenoxy) is 1. The van der Waals surface area contributed by atoms with Crippen molar-refractivity contribution in [3.8, 4) is 5.75 Å². The quantitative estimate of drug-likeness (QED) is 0.874. The molecule has 1 fully saturated rings. The van der Waals surface area contributed by atoms with Crippen molar-refractivity contribution in [2.45, 2.75) is 45.7 Å². The van der Waals surface area contributed by atoms with E-state index in [0.717, 1.165) is 16.9 Å². The number of fused-ring (bicyclic) bond motifs is 1. The van der Waals surface area contributed by atoms with E-state index in [-0.39, 0.29) is 5.63 Å². The highest BCUT2D eigenvalue weighted by Gasteiger charge is 2.26. The Hall–Kier alpha value is -1.81. The van der Waals surface area contributed by atoms with Gasteiger partial charge in [-0.2, -0.15) is 0 Å². The van der Waals surface area contributed by atoms with E-state index < -0.39 is 0 Å². The molecular weight excluding hydrogens is 290 g/mol. The normalized spacial score (nSPS) is 24.7. The monoisotopic (exact) mass is 315 g/mol. The minimum Gasteiger partial charge on any atom is -0.497 e. The highest BCUT2D eigenvalue weighted by Crippen LogP contribution is 2.30. The molecule has 4 heteroatoms. The minimum absolute atomic E-state index is 0.312. The molecule has 1 aliphatic rings. The number of benzene rings is 1. The van der Waals surface area contributed by atoms with Crippen molar-refractivity contribution in [1.82, 2.24) is 5.32 Å². The molecule has 1 saturated carbocycles. The summed E-state index contributed by atoms with van der Waals surface area (Å²) in [6.45, 7) is 5.34. The number of methoxy groups -OCH3 is 1. The lowest BCUT2D eigenvalue weighted by Gasteiger charge is -2.34. The average molecular weight is 315 g/mol. The maximum absolute atomic E-state index is 11.8. The van der Waals surface area contributed by atoms with Gasteiger partial charge in [0.1, 0.15) is 11.3 Å². The first-order chi connectivity index (χ1) is 11.1. The first-order valence-corrected chi connectivity index (χ1v) is 8.42. The summed E-state index contributed by atoms with van der Waals surface area (Å²) in [6.07, 6.45) is 3.80. The second-order valence-corrected chi connectivity index (χ2v) is 6.71. The summed E-state index contributed by atoms with van der Waals surface area (Å²) < 4.78 is 10.5. The Balaban J connectivity index is 1.83. The lowest BCUT2D eigenvalue weighted by molar-refractivity contribution is 0.206. The Bertz CT molecular complexity index is 737. The molecule has 3 atom stereocenters. The number of hydrogen-bond donors (Lipinski definition) is 1. The largest absolute Gasteiger partial charge is 0.497 e. The van der Waals surface area contributed by atoms with E-state index in [1.807, 2.05) is 12.1 Å². The van der Waals surface area contributed by atoms with Gasteiger partial charge < -0.3 is 14.5 Å². The summed E-state index contributed by atoms with van der Waals surface area (Å²) in [5.41, 5.74) is 1.26. The third-order valence-electron chi connectivity index (χ3n) is 5.30. The van der Waals surface area contributed by atoms with Crippen molar-refractivity contribution in [3.05, 3.63) is 40.2 Å². The van der Waals surface area contributed by atoms with Crippen LogP contribution < -0.4 is 15.7 Å². The van der Waals surface area contributed by atoms with E-state index in [2.05, 4.69) is 19.2 Å². The van der Waals surface area contributed by atoms with Gasteiger partial charge in [0, 0.05) is 30.1 Å². The zero-order valence-electron chi connectivity index (χ0n) is 14.1. The third-order valence-corrected chi connectivity index (χ3v) is 5.30. The van der Waals surface area contributed by atoms with E-state index in [4.69, 9.17) is 9.15 Å². The number of rotatable bonds is 4. The SMILES string of the molecule is COc1ccc2c(CN[C@@H]3CCC[C@@H](C)[C@@H]3C)cc(=O)oc2c1. The fraction of sp³-hybridized carbons (Fsp3) is 0.526. The van der Waals surface area contributed by atoms with E-state index in [1.54, 1.807) is 19.2 Å². The molecule has 3 rings (SSSR count). The molecule has 0 saturated heterocycles. The number of hydrogen-bond acceptors (Lipinski definition) is 4. The molecule has 2 aromatic rings. The molecular formula is C19H25NO3. The third kappa shape index (κ3) is 3.42. The molecule has 1 aromatic carbocycles. The molecule has 23 heavy (non-hydrogen) atoms. The van der Waals surface area contributed by atoms with Gasteiger partial charge in [-0.05, 0) is 36.0 Å². The van der Waals surface area contributed by atoms with Gasteiger partial charge in [0.25, 0.3) is 0 Å². The van der Waals surface area contributed by atoms with Crippen LogP contribution >= 0.6 is 0 Å². The molecule has 0 amide bonds. The molecule has 0 bridgehead atoms. The fourth-order valence-electron chi connectivity index (χ4n) is 3.59. The van der Waals surface area contributed by atoms with Crippen molar-refractivity contribution < 1.29 is 9.15 Å². The van der Waals surface area contributed by atoms with Crippen molar-refractivity contribution in [2.24, 2.45) is 11.8 Å². The van der Waals surface area contributed by atoms with Gasteiger partial charge in [0.2, 0.25) is 0 Å². The molecule has 0 unspecified atom stereocenters. The molecule has 1 aromatic heterocycles. The van der Waals surface area contributed by atoms with Crippen LogP contribution in [0.2, 0.25) is 0 Å². The van der Waals surface area contributed by atoms with Crippen LogP contribution in [-0.2, 0) is 6.54 Å². The van der Waals surface area contributed by atoms with Crippen molar-refractivity contribution in [1.29, 1.82) is 0 Å². The minimum atomic E-state index is -0.312. The first kappa shape index (κ1) is 16.1. The Morgan fingerprint density at radius 1 is 1.26 bits per heavy atom. The number of nitrogens with one attached hydrogen (secondary N) is 1. The van der Waals surface area contributed by atoms with Gasteiger partial charge in [0.05, 0.1) is 7.11 Å². The maximum atomic E-state index is 11.8. The van der Waals surface area contributed by atoms with Gasteiger partial charge >= 0.3 is 5.63 Å². The standard InChI is InChI=1S/C19H25NO3/c1-12-5-4-6-17(13(12)2)20-11-14-9-19(21)23-18-10-15(22-3)7-8-16(14)18/h7-10,12-13,17,20H,4-6,11H2,1-3H3/t12-,13+,17-/m1/s1. The highest BCUT2D eigenvalue weighted by atomic mass is 16.5. The Kier molecular flexibility index (Phi) is 4.71. The smallest absolute Gasteiger partial charge is 0.336 e. The second-order valence-electron chi connectivity index (χ2n) is 6.71. The summed E-state index contributed by atoms with van der Waals surface area (Å²) in [5.74, 6) is 2.11. The Morgan fingerprint density at radius 3 is 2.87 bits per heavy atom. The molecule has 1 N–H and O–H groups in total. The Labute approximate surface area is 136 Å². The summed E-state index contributed by atoms with van der Waals surface area (Å²) in [7, 11) is 1.61. The maximum Gasteiger partial charge on any atom is 0.336 e. The molecule has 4 nitrogen and oxygen atoms in total. The molecule has 124 valence electrons. The van der Waals surface area contributed by atoms with E-state index in [0.29, 0.717) is 29.8 Å². The van der Waals surface area contributed by atoms with Crippen LogP contribution in [0, 0.1) is 11.8 Å². The van der Waals surface area contributed by atoms with Crippen LogP contribution in [0.3, 0.4) is 0 Å². The zero-order chi connectivity index (χ0) is 16.4. The summed E-state index contributed by atoms with van der Waals surface area (Å²) >= 11 is 0. The van der Waals surface area contributed by atoms with Crippen molar-refractivity contribution >= 4 is 11.0 Å². The van der Waals surface area contributed by atoms with Crippen molar-refractivity contribution in [2.75, 3.05) is 7.11 Å². The second kappa shape index (κ2) is 6.75. The van der Waals surface area contributed by atoms with Gasteiger partial charge in [-0.15, -0.1) is 0 Å². The van der Waals surface area contributed by atoms with Gasteiger partial charge in [0.15, 0.2) is 0 Å². The lowest BCUT2D eigenvalue weighted by Crippen LogP contribution is -2.40. The van der Waals surface area contributed by atoms with Crippen LogP contribution in [0.4, 0.5) is 0 Å². The summed E-state index contributed by atoms with van der Waals surface area (Å²) in [6, 6.07) is 7.74. The summed E-state index contributed by atoms with van der Waals surface area (Å²) in [5, 5.41) is 4.62. The van der Waals surface area contributed by atoms with Gasteiger partial charge in [-0.3, -0.25) is 0 Å². The van der Waals surface area contributed by atoms with Gasteiger partial charge in [-0.25, -0.2) is 4.79 Å². The fourth-order valence-corrected chi connectivity index (χ4v) is 3.59. The molecule has 1 heterocycles. The molecule has 1 aliphatic carbocycles. The van der Waals surface area contributed by atoms with E-state index in [9.17, 15) is 4.79 Å². The zero-order valence-corrected chi connectivity index (χ0v) is 14.1. The van der Waals surface area contributed by atoms with E-state index in [1.165, 1.54) is 19.3 Å². The first-order valence-electron chi connectivity index (χ1n) is 8.42. The average Bonchev–Trinajstić information content (AvgIpc) is 2.55. The van der Waals surface area contributed by atoms with Crippen LogP contribution in [0.5, 0.6) is 5.75 Å². The molecule has 0 radical (unpaired) electrons. The lowest BCUT2D eigenvalue weighted by atomic mass is 9.78. The van der Waals surface area contributed by atoms with Crippen LogP contribution in [0.25, 0.3) is 11.0 Å². The van der Waals surface area contributed by atoms with Crippen LogP contribution in [-0.4, -0.2) is 13.2 Å². The molecule has 0 aliphatic heterocycles. The van der Waals surface area contributed by atoms with Crippen LogP contribution in [0.15, 0.2) is 33.5 Å². The van der Waals surface area contributed by atoms with Crippen molar-refractivity contribution in [3.63, 3.8) is 0 Å². The predicted octanol–water partition coefficient (Wildman–Crippen LogP) is 3.72. The predicted molar refractivity (Wildman–Crippen MR) is 91.8 cm³/mol. The highest BCUT2D eigenvalue weighted by molar-refractivity contribution is 5.81. The van der Waals surface area contributed by atoms with Gasteiger partial charge in [-0.1, -0.05) is 26.7 Å². The van der Waals surface area contributed by atoms with Crippen LogP contribution in [0.1, 0.15) is 38.7 Å². The molecule has 0 spiro atoms. The summed E-state index contributed by atoms with van der Waals surface area (Å²) in [4.78, 5) is 11.8. The van der Waals surface area contributed by atoms with E-state index >= 15 is 0 Å². The topological polar surface area (TPSA) is 51.5 Å². The Morgan fingerprint density at radius 2 is 2.09 bits per heavy atom.